The number of hydrogen-bond donors (Lipinski definition) is 1. The van der Waals surface area contributed by atoms with Gasteiger partial charge in [0.2, 0.25) is 0 Å². The third kappa shape index (κ3) is 5.78. The van der Waals surface area contributed by atoms with Gasteiger partial charge in [0.05, 0.1) is 26.0 Å². The van der Waals surface area contributed by atoms with Crippen LogP contribution >= 0.6 is 0 Å². The normalized spacial score (nSPS) is 9.42. The minimum atomic E-state index is 0.121. The van der Waals surface area contributed by atoms with Gasteiger partial charge in [0, 0.05) is 13.1 Å². The highest BCUT2D eigenvalue weighted by Gasteiger charge is 2.00. The fourth-order valence-corrected chi connectivity index (χ4v) is 0.806. The summed E-state index contributed by atoms with van der Waals surface area (Å²) in [6.45, 7) is 5.95. The molecule has 0 heterocycles. The van der Waals surface area contributed by atoms with Crippen LogP contribution in [0.2, 0.25) is 0 Å². The fourth-order valence-electron chi connectivity index (χ4n) is 0.806. The summed E-state index contributed by atoms with van der Waals surface area (Å²) >= 11 is 0. The van der Waals surface area contributed by atoms with Gasteiger partial charge >= 0.3 is 0 Å². The van der Waals surface area contributed by atoms with Gasteiger partial charge in [0.15, 0.2) is 0 Å². The van der Waals surface area contributed by atoms with Gasteiger partial charge in [0.25, 0.3) is 0 Å². The van der Waals surface area contributed by atoms with Crippen LogP contribution in [0, 0.1) is 12.3 Å². The molecule has 0 bridgehead atoms. The van der Waals surface area contributed by atoms with Crippen LogP contribution < -0.4 is 0 Å². The molecule has 68 valence electrons. The van der Waals surface area contributed by atoms with Crippen LogP contribution in [0.15, 0.2) is 12.8 Å². The summed E-state index contributed by atoms with van der Waals surface area (Å²) in [6.07, 6.45) is 6.53. The van der Waals surface area contributed by atoms with Crippen molar-refractivity contribution in [3.63, 3.8) is 0 Å². The van der Waals surface area contributed by atoms with Crippen molar-refractivity contribution in [2.24, 2.45) is 0 Å². The van der Waals surface area contributed by atoms with Gasteiger partial charge in [-0.1, -0.05) is 12.5 Å². The molecule has 0 aliphatic rings. The van der Waals surface area contributed by atoms with Crippen LogP contribution in [0.25, 0.3) is 0 Å². The Morgan fingerprint density at radius 3 is 2.83 bits per heavy atom. The molecule has 1 N–H and O–H groups in total. The van der Waals surface area contributed by atoms with Crippen LogP contribution in [-0.4, -0.2) is 42.9 Å². The molecule has 3 heteroatoms. The lowest BCUT2D eigenvalue weighted by molar-refractivity contribution is 0.162. The summed E-state index contributed by atoms with van der Waals surface area (Å²) < 4.78 is 4.93. The lowest BCUT2D eigenvalue weighted by atomic mass is 10.4. The van der Waals surface area contributed by atoms with Gasteiger partial charge in [-0.05, 0) is 0 Å². The average Bonchev–Trinajstić information content (AvgIpc) is 2.06. The van der Waals surface area contributed by atoms with Crippen LogP contribution in [0.3, 0.4) is 0 Å². The molecule has 0 saturated heterocycles. The maximum atomic E-state index is 8.65. The number of aliphatic hydroxyl groups excluding tert-OH is 1. The molecule has 0 spiro atoms. The Morgan fingerprint density at radius 2 is 2.33 bits per heavy atom. The average molecular weight is 169 g/mol. The van der Waals surface area contributed by atoms with Crippen LogP contribution in [0.1, 0.15) is 0 Å². The molecule has 0 rings (SSSR count). The van der Waals surface area contributed by atoms with Crippen LogP contribution in [0.4, 0.5) is 0 Å². The Labute approximate surface area is 73.6 Å². The number of aliphatic hydroxyl groups is 1. The van der Waals surface area contributed by atoms with E-state index in [0.29, 0.717) is 19.7 Å². The predicted molar refractivity (Wildman–Crippen MR) is 48.5 cm³/mol. The van der Waals surface area contributed by atoms with E-state index in [4.69, 9.17) is 16.3 Å². The topological polar surface area (TPSA) is 32.7 Å². The highest BCUT2D eigenvalue weighted by molar-refractivity contribution is 4.88. The third-order valence-electron chi connectivity index (χ3n) is 1.37. The van der Waals surface area contributed by atoms with Crippen LogP contribution in [-0.2, 0) is 4.74 Å². The number of terminal acetylenes is 1. The number of ether oxygens (including phenoxy) is 1. The summed E-state index contributed by atoms with van der Waals surface area (Å²) in [4.78, 5) is 1.93. The van der Waals surface area contributed by atoms with E-state index in [9.17, 15) is 0 Å². The molecule has 0 aromatic rings. The Kier molecular flexibility index (Phi) is 7.46. The second-order valence-electron chi connectivity index (χ2n) is 2.24. The number of nitrogens with zero attached hydrogens (tertiary/aromatic N) is 1. The molecule has 0 saturated carbocycles. The van der Waals surface area contributed by atoms with Crippen molar-refractivity contribution in [1.29, 1.82) is 0 Å². The summed E-state index contributed by atoms with van der Waals surface area (Å²) in [7, 11) is 0. The van der Waals surface area contributed by atoms with E-state index in [1.165, 1.54) is 6.26 Å². The van der Waals surface area contributed by atoms with Crippen molar-refractivity contribution in [2.75, 3.05) is 32.8 Å². The minimum absolute atomic E-state index is 0.121. The third-order valence-corrected chi connectivity index (χ3v) is 1.37. The molecule has 0 aromatic heterocycles. The zero-order valence-corrected chi connectivity index (χ0v) is 7.20. The Morgan fingerprint density at radius 1 is 1.58 bits per heavy atom. The van der Waals surface area contributed by atoms with Gasteiger partial charge in [-0.25, -0.2) is 0 Å². The van der Waals surface area contributed by atoms with E-state index in [1.807, 2.05) is 4.90 Å². The van der Waals surface area contributed by atoms with Crippen molar-refractivity contribution in [3.8, 4) is 12.3 Å². The first-order valence-electron chi connectivity index (χ1n) is 3.84. The molecule has 0 unspecified atom stereocenters. The molecule has 0 radical (unpaired) electrons. The number of hydrogen-bond acceptors (Lipinski definition) is 3. The SMILES string of the molecule is C#CCN(CCO)CCOC=C. The molecule has 0 fully saturated rings. The lowest BCUT2D eigenvalue weighted by Gasteiger charge is -2.17. The lowest BCUT2D eigenvalue weighted by Crippen LogP contribution is -2.30. The molecule has 0 amide bonds. The second kappa shape index (κ2) is 8.12. The van der Waals surface area contributed by atoms with Crippen LogP contribution in [0.5, 0.6) is 0 Å². The van der Waals surface area contributed by atoms with Crippen molar-refractivity contribution in [2.45, 2.75) is 0 Å². The molecular formula is C9H15NO2. The summed E-state index contributed by atoms with van der Waals surface area (Å²) in [5, 5.41) is 8.65. The Bertz CT molecular complexity index is 151. The summed E-state index contributed by atoms with van der Waals surface area (Å²) in [5.74, 6) is 2.51. The zero-order chi connectivity index (χ0) is 9.23. The van der Waals surface area contributed by atoms with E-state index in [-0.39, 0.29) is 6.61 Å². The summed E-state index contributed by atoms with van der Waals surface area (Å²) in [5.41, 5.74) is 0. The smallest absolute Gasteiger partial charge is 0.1000 e. The fraction of sp³-hybridized carbons (Fsp3) is 0.556. The molecule has 0 aliphatic heterocycles. The molecule has 3 nitrogen and oxygen atoms in total. The maximum absolute atomic E-state index is 8.65. The second-order valence-corrected chi connectivity index (χ2v) is 2.24. The van der Waals surface area contributed by atoms with Crippen molar-refractivity contribution in [1.82, 2.24) is 4.90 Å². The molecule has 0 aliphatic carbocycles. The highest BCUT2D eigenvalue weighted by atomic mass is 16.5. The van der Waals surface area contributed by atoms with Gasteiger partial charge in [-0.3, -0.25) is 4.90 Å². The maximum Gasteiger partial charge on any atom is 0.1000 e. The zero-order valence-electron chi connectivity index (χ0n) is 7.20. The monoisotopic (exact) mass is 169 g/mol. The van der Waals surface area contributed by atoms with E-state index in [2.05, 4.69) is 12.5 Å². The van der Waals surface area contributed by atoms with Gasteiger partial charge in [-0.2, -0.15) is 0 Å². The molecular weight excluding hydrogens is 154 g/mol. The van der Waals surface area contributed by atoms with E-state index in [1.54, 1.807) is 0 Å². The molecule has 0 atom stereocenters. The molecule has 0 aromatic carbocycles. The first-order valence-corrected chi connectivity index (χ1v) is 3.84. The first kappa shape index (κ1) is 11.0. The van der Waals surface area contributed by atoms with E-state index >= 15 is 0 Å². The summed E-state index contributed by atoms with van der Waals surface area (Å²) in [6, 6.07) is 0. The quantitative estimate of drug-likeness (QED) is 0.333. The van der Waals surface area contributed by atoms with Gasteiger partial charge in [-0.15, -0.1) is 6.42 Å². The first-order chi connectivity index (χ1) is 5.85. The Balaban J connectivity index is 3.49. The number of rotatable bonds is 7. The van der Waals surface area contributed by atoms with Gasteiger partial charge < -0.3 is 9.84 Å². The largest absolute Gasteiger partial charge is 0.500 e. The van der Waals surface area contributed by atoms with Crippen molar-refractivity contribution < 1.29 is 9.84 Å². The highest BCUT2D eigenvalue weighted by Crippen LogP contribution is 1.86. The standard InChI is InChI=1S/C9H15NO2/c1-3-5-10(6-8-11)7-9-12-4-2/h1,4,11H,2,5-9H2. The predicted octanol–water partition coefficient (Wildman–Crippen LogP) is 0.0740. The van der Waals surface area contributed by atoms with E-state index in [0.717, 1.165) is 6.54 Å². The van der Waals surface area contributed by atoms with Crippen molar-refractivity contribution >= 4 is 0 Å². The van der Waals surface area contributed by atoms with E-state index < -0.39 is 0 Å². The molecule has 12 heavy (non-hydrogen) atoms. The minimum Gasteiger partial charge on any atom is -0.500 e. The van der Waals surface area contributed by atoms with Gasteiger partial charge in [0.1, 0.15) is 0 Å². The Hall–Kier alpha value is -0.980. The van der Waals surface area contributed by atoms with Crippen molar-refractivity contribution in [3.05, 3.63) is 12.8 Å².